The summed E-state index contributed by atoms with van der Waals surface area (Å²) in [5.74, 6) is -0.317. The Balaban J connectivity index is 1.31. The molecule has 5 heterocycles. The lowest BCUT2D eigenvalue weighted by atomic mass is 10.0. The van der Waals surface area contributed by atoms with Gasteiger partial charge in [-0.2, -0.15) is 0 Å². The van der Waals surface area contributed by atoms with Gasteiger partial charge in [0.1, 0.15) is 6.10 Å². The Bertz CT molecular complexity index is 1590. The van der Waals surface area contributed by atoms with E-state index in [1.165, 1.54) is 0 Å². The summed E-state index contributed by atoms with van der Waals surface area (Å²) in [5.41, 5.74) is 7.28. The van der Waals surface area contributed by atoms with Crippen LogP contribution in [0.2, 0.25) is 0 Å². The molecule has 4 aromatic heterocycles. The van der Waals surface area contributed by atoms with E-state index in [-0.39, 0.29) is 12.1 Å². The third-order valence-corrected chi connectivity index (χ3v) is 6.59. The van der Waals surface area contributed by atoms with E-state index < -0.39 is 0 Å². The first-order valence-corrected chi connectivity index (χ1v) is 12.4. The molecule has 0 atom stereocenters. The predicted octanol–water partition coefficient (Wildman–Crippen LogP) is 4.97. The van der Waals surface area contributed by atoms with E-state index in [2.05, 4.69) is 36.3 Å². The SMILES string of the molecule is Cc1cccc(-c2[nH]cnc2-c2ccc3ncc(-c4cc(C(=O)OC5CCNCC5)ccn4)cc3c2)n1. The molecular weight excluding hydrogens is 464 g/mol. The minimum atomic E-state index is -0.317. The number of esters is 1. The molecule has 0 spiro atoms. The number of piperidine rings is 1. The number of aryl methyl sites for hydroxylation is 1. The first kappa shape index (κ1) is 23.0. The zero-order valence-corrected chi connectivity index (χ0v) is 20.4. The van der Waals surface area contributed by atoms with Crippen LogP contribution >= 0.6 is 0 Å². The number of nitrogens with one attached hydrogen (secondary N) is 2. The second-order valence-corrected chi connectivity index (χ2v) is 9.21. The lowest BCUT2D eigenvalue weighted by molar-refractivity contribution is 0.0229. The summed E-state index contributed by atoms with van der Waals surface area (Å²) in [7, 11) is 0. The lowest BCUT2D eigenvalue weighted by Gasteiger charge is -2.22. The number of pyridine rings is 3. The number of fused-ring (bicyclic) bond motifs is 1. The van der Waals surface area contributed by atoms with Crippen molar-refractivity contribution in [2.75, 3.05) is 13.1 Å². The summed E-state index contributed by atoms with van der Waals surface area (Å²) < 4.78 is 5.71. The third kappa shape index (κ3) is 4.83. The number of benzene rings is 1. The summed E-state index contributed by atoms with van der Waals surface area (Å²) in [6.45, 7) is 3.70. The van der Waals surface area contributed by atoms with E-state index in [0.717, 1.165) is 70.7 Å². The second kappa shape index (κ2) is 9.91. The Morgan fingerprint density at radius 3 is 2.68 bits per heavy atom. The van der Waals surface area contributed by atoms with Crippen LogP contribution in [0.4, 0.5) is 0 Å². The fourth-order valence-corrected chi connectivity index (χ4v) is 4.66. The minimum Gasteiger partial charge on any atom is -0.459 e. The van der Waals surface area contributed by atoms with Crippen LogP contribution in [0.5, 0.6) is 0 Å². The van der Waals surface area contributed by atoms with E-state index >= 15 is 0 Å². The van der Waals surface area contributed by atoms with E-state index in [0.29, 0.717) is 11.3 Å². The number of H-pyrrole nitrogens is 1. The van der Waals surface area contributed by atoms with Gasteiger partial charge >= 0.3 is 5.97 Å². The standard InChI is InChI=1S/C29H26N6O2/c1-18-3-2-4-25(35-18)28-27(33-17-34-28)19-5-6-24-21(13-19)14-22(16-32-24)26-15-20(7-12-31-26)29(36)37-23-8-10-30-11-9-23/h2-7,12-17,23,30H,8-11H2,1H3,(H,33,34). The number of rotatable bonds is 5. The van der Waals surface area contributed by atoms with Gasteiger partial charge in [0.15, 0.2) is 0 Å². The van der Waals surface area contributed by atoms with Gasteiger partial charge in [-0.15, -0.1) is 0 Å². The molecule has 0 saturated carbocycles. The van der Waals surface area contributed by atoms with Crippen molar-refractivity contribution in [2.24, 2.45) is 0 Å². The zero-order valence-electron chi connectivity index (χ0n) is 20.4. The summed E-state index contributed by atoms with van der Waals surface area (Å²) in [6.07, 6.45) is 6.72. The summed E-state index contributed by atoms with van der Waals surface area (Å²) in [6, 6.07) is 17.5. The molecule has 0 aliphatic carbocycles. The summed E-state index contributed by atoms with van der Waals surface area (Å²) in [5, 5.41) is 4.23. The van der Waals surface area contributed by atoms with Crippen molar-refractivity contribution < 1.29 is 9.53 Å². The molecule has 8 nitrogen and oxygen atoms in total. The molecule has 1 fully saturated rings. The molecule has 0 bridgehead atoms. The smallest absolute Gasteiger partial charge is 0.338 e. The van der Waals surface area contributed by atoms with Crippen molar-refractivity contribution in [3.8, 4) is 33.9 Å². The molecule has 184 valence electrons. The number of carbonyl (C=O) groups excluding carboxylic acids is 1. The summed E-state index contributed by atoms with van der Waals surface area (Å²) in [4.78, 5) is 34.3. The van der Waals surface area contributed by atoms with Gasteiger partial charge in [-0.05, 0) is 75.3 Å². The third-order valence-electron chi connectivity index (χ3n) is 6.59. The molecule has 0 unspecified atom stereocenters. The number of carbonyl (C=O) groups is 1. The highest BCUT2D eigenvalue weighted by atomic mass is 16.5. The molecule has 0 radical (unpaired) electrons. The number of hydrogen-bond donors (Lipinski definition) is 2. The first-order valence-electron chi connectivity index (χ1n) is 12.4. The predicted molar refractivity (Wildman–Crippen MR) is 142 cm³/mol. The average molecular weight is 491 g/mol. The van der Waals surface area contributed by atoms with Gasteiger partial charge in [-0.25, -0.2) is 9.78 Å². The Hall–Kier alpha value is -4.43. The largest absolute Gasteiger partial charge is 0.459 e. The van der Waals surface area contributed by atoms with Crippen molar-refractivity contribution in [2.45, 2.75) is 25.9 Å². The van der Waals surface area contributed by atoms with Gasteiger partial charge < -0.3 is 15.0 Å². The van der Waals surface area contributed by atoms with Crippen LogP contribution < -0.4 is 5.32 Å². The van der Waals surface area contributed by atoms with Crippen LogP contribution in [0.15, 0.2) is 73.3 Å². The molecule has 1 aromatic carbocycles. The lowest BCUT2D eigenvalue weighted by Crippen LogP contribution is -2.33. The van der Waals surface area contributed by atoms with E-state index in [4.69, 9.17) is 4.74 Å². The highest BCUT2D eigenvalue weighted by Crippen LogP contribution is 2.31. The quantitative estimate of drug-likeness (QED) is 0.335. The second-order valence-electron chi connectivity index (χ2n) is 9.21. The van der Waals surface area contributed by atoms with Gasteiger partial charge in [0.25, 0.3) is 0 Å². The highest BCUT2D eigenvalue weighted by molar-refractivity contribution is 5.92. The van der Waals surface area contributed by atoms with Crippen LogP contribution in [-0.2, 0) is 4.74 Å². The minimum absolute atomic E-state index is 0.0481. The van der Waals surface area contributed by atoms with Crippen LogP contribution in [0.25, 0.3) is 44.8 Å². The van der Waals surface area contributed by atoms with Gasteiger partial charge in [0.05, 0.1) is 40.2 Å². The number of aromatic nitrogens is 5. The number of hydrogen-bond acceptors (Lipinski definition) is 7. The zero-order chi connectivity index (χ0) is 25.2. The van der Waals surface area contributed by atoms with Gasteiger partial charge in [-0.1, -0.05) is 12.1 Å². The number of ether oxygens (including phenoxy) is 1. The van der Waals surface area contributed by atoms with Gasteiger partial charge in [-0.3, -0.25) is 15.0 Å². The fraction of sp³-hybridized carbons (Fsp3) is 0.207. The average Bonchev–Trinajstić information content (AvgIpc) is 3.43. The van der Waals surface area contributed by atoms with Crippen molar-refractivity contribution in [3.05, 3.63) is 84.6 Å². The monoisotopic (exact) mass is 490 g/mol. The Morgan fingerprint density at radius 2 is 1.81 bits per heavy atom. The highest BCUT2D eigenvalue weighted by Gasteiger charge is 2.19. The van der Waals surface area contributed by atoms with Crippen LogP contribution in [0.1, 0.15) is 28.9 Å². The molecule has 1 aliphatic rings. The van der Waals surface area contributed by atoms with Crippen molar-refractivity contribution in [1.82, 2.24) is 30.2 Å². The first-order chi connectivity index (χ1) is 18.1. The maximum atomic E-state index is 12.8. The normalized spacial score (nSPS) is 14.1. The Kier molecular flexibility index (Phi) is 6.16. The van der Waals surface area contributed by atoms with E-state index in [1.54, 1.807) is 30.9 Å². The summed E-state index contributed by atoms with van der Waals surface area (Å²) >= 11 is 0. The van der Waals surface area contributed by atoms with Crippen LogP contribution in [-0.4, -0.2) is 50.1 Å². The Labute approximate surface area is 214 Å². The van der Waals surface area contributed by atoms with Crippen molar-refractivity contribution in [1.29, 1.82) is 0 Å². The van der Waals surface area contributed by atoms with Gasteiger partial charge in [0.2, 0.25) is 0 Å². The van der Waals surface area contributed by atoms with Crippen LogP contribution in [0.3, 0.4) is 0 Å². The topological polar surface area (TPSA) is 106 Å². The van der Waals surface area contributed by atoms with Gasteiger partial charge in [0, 0.05) is 34.6 Å². The van der Waals surface area contributed by atoms with E-state index in [1.807, 2.05) is 43.3 Å². The molecule has 8 heteroatoms. The Morgan fingerprint density at radius 1 is 0.946 bits per heavy atom. The fourth-order valence-electron chi connectivity index (χ4n) is 4.66. The molecule has 5 aromatic rings. The molecular formula is C29H26N6O2. The number of imidazole rings is 1. The molecule has 37 heavy (non-hydrogen) atoms. The number of aromatic amines is 1. The van der Waals surface area contributed by atoms with E-state index in [9.17, 15) is 4.79 Å². The van der Waals surface area contributed by atoms with Crippen molar-refractivity contribution >= 4 is 16.9 Å². The molecule has 2 N–H and O–H groups in total. The molecule has 0 amide bonds. The molecule has 1 aliphatic heterocycles. The number of nitrogens with zero attached hydrogens (tertiary/aromatic N) is 4. The molecule has 6 rings (SSSR count). The van der Waals surface area contributed by atoms with Crippen LogP contribution in [0, 0.1) is 6.92 Å². The maximum Gasteiger partial charge on any atom is 0.338 e. The maximum absolute atomic E-state index is 12.8. The van der Waals surface area contributed by atoms with Crippen molar-refractivity contribution in [3.63, 3.8) is 0 Å². The molecule has 1 saturated heterocycles.